The maximum absolute atomic E-state index is 4.21. The molecule has 2 aromatic rings. The number of rotatable bonds is 4. The van der Waals surface area contributed by atoms with Crippen LogP contribution in [0.2, 0.25) is 0 Å². The number of nitrogens with one attached hydrogen (secondary N) is 1. The van der Waals surface area contributed by atoms with Crippen molar-refractivity contribution in [3.63, 3.8) is 0 Å². The molecule has 1 aromatic carbocycles. The van der Waals surface area contributed by atoms with Crippen LogP contribution in [0.4, 0.5) is 0 Å². The second kappa shape index (κ2) is 5.59. The van der Waals surface area contributed by atoms with E-state index in [0.29, 0.717) is 0 Å². The third kappa shape index (κ3) is 2.31. The molecule has 2 rings (SSSR count). The molecule has 0 saturated carbocycles. The van der Waals surface area contributed by atoms with Crippen LogP contribution in [0.3, 0.4) is 0 Å². The van der Waals surface area contributed by atoms with Crippen LogP contribution in [0.1, 0.15) is 40.2 Å². The SMILES string of the molecule is CCc1nnsc1C(NC)c1cccc(C)c1C. The van der Waals surface area contributed by atoms with Crippen molar-refractivity contribution < 1.29 is 0 Å². The predicted molar refractivity (Wildman–Crippen MR) is 76.1 cm³/mol. The van der Waals surface area contributed by atoms with Gasteiger partial charge < -0.3 is 5.32 Å². The maximum Gasteiger partial charge on any atom is 0.0804 e. The van der Waals surface area contributed by atoms with Gasteiger partial charge in [0.1, 0.15) is 0 Å². The summed E-state index contributed by atoms with van der Waals surface area (Å²) in [5.41, 5.74) is 5.08. The van der Waals surface area contributed by atoms with Gasteiger partial charge in [0.25, 0.3) is 0 Å². The third-order valence-corrected chi connectivity index (χ3v) is 4.26. The van der Waals surface area contributed by atoms with E-state index in [2.05, 4.69) is 53.9 Å². The van der Waals surface area contributed by atoms with Gasteiger partial charge >= 0.3 is 0 Å². The second-order valence-corrected chi connectivity index (χ2v) is 5.23. The number of aromatic nitrogens is 2. The van der Waals surface area contributed by atoms with Gasteiger partial charge in [0.2, 0.25) is 0 Å². The molecule has 0 radical (unpaired) electrons. The summed E-state index contributed by atoms with van der Waals surface area (Å²) in [6, 6.07) is 6.64. The van der Waals surface area contributed by atoms with E-state index in [9.17, 15) is 0 Å². The molecule has 0 bridgehead atoms. The van der Waals surface area contributed by atoms with Crippen molar-refractivity contribution >= 4 is 11.5 Å². The standard InChI is InChI=1S/C14H19N3S/c1-5-12-14(18-17-16-12)13(15-4)11-8-6-7-9(2)10(11)3/h6-8,13,15H,5H2,1-4H3. The van der Waals surface area contributed by atoms with Crippen molar-refractivity contribution in [1.82, 2.24) is 14.9 Å². The molecule has 1 heterocycles. The van der Waals surface area contributed by atoms with Crippen molar-refractivity contribution in [2.75, 3.05) is 7.05 Å². The summed E-state index contributed by atoms with van der Waals surface area (Å²) >= 11 is 1.49. The second-order valence-electron chi connectivity index (χ2n) is 4.45. The monoisotopic (exact) mass is 261 g/mol. The zero-order chi connectivity index (χ0) is 13.1. The number of aryl methyl sites for hydroxylation is 2. The van der Waals surface area contributed by atoms with Gasteiger partial charge in [-0.2, -0.15) is 0 Å². The number of hydrogen-bond acceptors (Lipinski definition) is 4. The van der Waals surface area contributed by atoms with Gasteiger partial charge in [-0.1, -0.05) is 29.6 Å². The number of nitrogens with zero attached hydrogens (tertiary/aromatic N) is 2. The molecule has 0 aliphatic carbocycles. The molecule has 96 valence electrons. The summed E-state index contributed by atoms with van der Waals surface area (Å²) < 4.78 is 4.09. The Morgan fingerprint density at radius 3 is 2.78 bits per heavy atom. The van der Waals surface area contributed by atoms with E-state index in [-0.39, 0.29) is 6.04 Å². The lowest BCUT2D eigenvalue weighted by molar-refractivity contribution is 0.688. The molecule has 1 atom stereocenters. The average Bonchev–Trinajstić information content (AvgIpc) is 2.83. The Bertz CT molecular complexity index is 534. The summed E-state index contributed by atoms with van der Waals surface area (Å²) in [6.07, 6.45) is 0.925. The molecule has 4 heteroatoms. The van der Waals surface area contributed by atoms with Gasteiger partial charge in [0, 0.05) is 0 Å². The minimum Gasteiger partial charge on any atom is -0.309 e. The number of benzene rings is 1. The fourth-order valence-corrected chi connectivity index (χ4v) is 3.06. The molecule has 1 unspecified atom stereocenters. The summed E-state index contributed by atoms with van der Waals surface area (Å²) in [7, 11) is 1.99. The lowest BCUT2D eigenvalue weighted by Crippen LogP contribution is -2.19. The highest BCUT2D eigenvalue weighted by molar-refractivity contribution is 7.05. The van der Waals surface area contributed by atoms with Gasteiger partial charge in [-0.15, -0.1) is 5.10 Å². The summed E-state index contributed by atoms with van der Waals surface area (Å²) in [4.78, 5) is 1.23. The first-order valence-electron chi connectivity index (χ1n) is 6.23. The molecule has 0 aliphatic heterocycles. The minimum absolute atomic E-state index is 0.194. The van der Waals surface area contributed by atoms with E-state index in [4.69, 9.17) is 0 Å². The van der Waals surface area contributed by atoms with Gasteiger partial charge in [-0.05, 0) is 55.5 Å². The Morgan fingerprint density at radius 1 is 1.33 bits per heavy atom. The van der Waals surface area contributed by atoms with Crippen molar-refractivity contribution in [3.8, 4) is 0 Å². The third-order valence-electron chi connectivity index (χ3n) is 3.43. The van der Waals surface area contributed by atoms with Crippen molar-refractivity contribution in [3.05, 3.63) is 45.5 Å². The minimum atomic E-state index is 0.194. The lowest BCUT2D eigenvalue weighted by Gasteiger charge is -2.19. The highest BCUT2D eigenvalue weighted by Gasteiger charge is 2.20. The van der Waals surface area contributed by atoms with Crippen molar-refractivity contribution in [2.24, 2.45) is 0 Å². The normalized spacial score (nSPS) is 12.7. The van der Waals surface area contributed by atoms with Crippen LogP contribution in [-0.4, -0.2) is 16.6 Å². The van der Waals surface area contributed by atoms with Gasteiger partial charge in [-0.3, -0.25) is 0 Å². The molecule has 1 aromatic heterocycles. The zero-order valence-corrected chi connectivity index (χ0v) is 12.1. The van der Waals surface area contributed by atoms with E-state index < -0.39 is 0 Å². The highest BCUT2D eigenvalue weighted by atomic mass is 32.1. The van der Waals surface area contributed by atoms with Gasteiger partial charge in [0.15, 0.2) is 0 Å². The molecule has 18 heavy (non-hydrogen) atoms. The lowest BCUT2D eigenvalue weighted by atomic mass is 9.95. The van der Waals surface area contributed by atoms with Crippen LogP contribution < -0.4 is 5.32 Å². The van der Waals surface area contributed by atoms with Gasteiger partial charge in [0.05, 0.1) is 16.6 Å². The molecule has 0 fully saturated rings. The topological polar surface area (TPSA) is 37.8 Å². The van der Waals surface area contributed by atoms with E-state index >= 15 is 0 Å². The van der Waals surface area contributed by atoms with Crippen LogP contribution in [0.5, 0.6) is 0 Å². The molecule has 0 spiro atoms. The fourth-order valence-electron chi connectivity index (χ4n) is 2.19. The fraction of sp³-hybridized carbons (Fsp3) is 0.429. The Morgan fingerprint density at radius 2 is 2.11 bits per heavy atom. The molecule has 0 saturated heterocycles. The predicted octanol–water partition coefficient (Wildman–Crippen LogP) is 3.03. The quantitative estimate of drug-likeness (QED) is 0.919. The zero-order valence-electron chi connectivity index (χ0n) is 11.3. The Hall–Kier alpha value is -1.26. The largest absolute Gasteiger partial charge is 0.309 e. The van der Waals surface area contributed by atoms with Crippen LogP contribution in [0.15, 0.2) is 18.2 Å². The Kier molecular flexibility index (Phi) is 4.09. The first kappa shape index (κ1) is 13.2. The highest BCUT2D eigenvalue weighted by Crippen LogP contribution is 2.30. The van der Waals surface area contributed by atoms with E-state index in [0.717, 1.165) is 12.1 Å². The number of hydrogen-bond donors (Lipinski definition) is 1. The van der Waals surface area contributed by atoms with Crippen LogP contribution in [0, 0.1) is 13.8 Å². The Balaban J connectivity index is 2.49. The maximum atomic E-state index is 4.21. The molecule has 1 N–H and O–H groups in total. The van der Waals surface area contributed by atoms with Crippen molar-refractivity contribution in [2.45, 2.75) is 33.2 Å². The molecular weight excluding hydrogens is 242 g/mol. The average molecular weight is 261 g/mol. The smallest absolute Gasteiger partial charge is 0.0804 e. The molecule has 0 amide bonds. The van der Waals surface area contributed by atoms with Crippen LogP contribution >= 0.6 is 11.5 Å². The van der Waals surface area contributed by atoms with Gasteiger partial charge in [-0.25, -0.2) is 0 Å². The van der Waals surface area contributed by atoms with Crippen molar-refractivity contribution in [1.29, 1.82) is 0 Å². The Labute approximate surface area is 112 Å². The van der Waals surface area contributed by atoms with E-state index in [1.807, 2.05) is 7.05 Å². The summed E-state index contributed by atoms with van der Waals surface area (Å²) in [5, 5.41) is 7.60. The molecule has 3 nitrogen and oxygen atoms in total. The van der Waals surface area contributed by atoms with E-state index in [1.165, 1.54) is 33.1 Å². The first-order valence-corrected chi connectivity index (χ1v) is 7.00. The first-order chi connectivity index (χ1) is 8.69. The van der Waals surface area contributed by atoms with E-state index in [1.54, 1.807) is 0 Å². The summed E-state index contributed by atoms with van der Waals surface area (Å²) in [6.45, 7) is 6.45. The van der Waals surface area contributed by atoms with Crippen LogP contribution in [-0.2, 0) is 6.42 Å². The van der Waals surface area contributed by atoms with Crippen LogP contribution in [0.25, 0.3) is 0 Å². The molecule has 0 aliphatic rings. The summed E-state index contributed by atoms with van der Waals surface area (Å²) in [5.74, 6) is 0. The molecular formula is C14H19N3S.